The molecule has 0 radical (unpaired) electrons. The number of rotatable bonds is 3. The second-order valence-electron chi connectivity index (χ2n) is 6.92. The van der Waals surface area contributed by atoms with E-state index in [4.69, 9.17) is 0 Å². The zero-order valence-corrected chi connectivity index (χ0v) is 15.2. The monoisotopic (exact) mass is 363 g/mol. The van der Waals surface area contributed by atoms with Crippen LogP contribution in [0.5, 0.6) is 0 Å². The van der Waals surface area contributed by atoms with E-state index in [1.54, 1.807) is 22.8 Å². The third kappa shape index (κ3) is 3.30. The van der Waals surface area contributed by atoms with Crippen molar-refractivity contribution in [3.8, 4) is 0 Å². The number of nitrogens with zero attached hydrogens (tertiary/aromatic N) is 2. The Balaban J connectivity index is 1.52. The van der Waals surface area contributed by atoms with Gasteiger partial charge in [0, 0.05) is 49.1 Å². The van der Waals surface area contributed by atoms with Crippen molar-refractivity contribution in [1.29, 1.82) is 0 Å². The maximum Gasteiger partial charge on any atom is 0.255 e. The number of benzene rings is 2. The largest absolute Gasteiger partial charge is 0.322 e. The molecule has 1 fully saturated rings. The molecule has 0 aliphatic carbocycles. The number of hydrogen-bond donors (Lipinski definition) is 1. The van der Waals surface area contributed by atoms with Gasteiger partial charge in [0.2, 0.25) is 11.8 Å². The van der Waals surface area contributed by atoms with E-state index >= 15 is 0 Å². The first-order valence-electron chi connectivity index (χ1n) is 9.16. The lowest BCUT2D eigenvalue weighted by Crippen LogP contribution is -2.25. The summed E-state index contributed by atoms with van der Waals surface area (Å²) in [6, 6.07) is 12.8. The molecule has 2 aromatic rings. The summed E-state index contributed by atoms with van der Waals surface area (Å²) in [5.74, 6) is -0.0738. The fraction of sp³-hybridized carbons (Fsp3) is 0.286. The first-order valence-corrected chi connectivity index (χ1v) is 9.16. The van der Waals surface area contributed by atoms with E-state index in [9.17, 15) is 14.4 Å². The van der Waals surface area contributed by atoms with Crippen molar-refractivity contribution in [1.82, 2.24) is 0 Å². The Kier molecular flexibility index (Phi) is 4.39. The Labute approximate surface area is 157 Å². The number of hydrogen-bond acceptors (Lipinski definition) is 3. The van der Waals surface area contributed by atoms with Gasteiger partial charge in [-0.1, -0.05) is 6.07 Å². The molecule has 3 amide bonds. The van der Waals surface area contributed by atoms with Crippen molar-refractivity contribution in [2.45, 2.75) is 26.2 Å². The van der Waals surface area contributed by atoms with Crippen LogP contribution >= 0.6 is 0 Å². The van der Waals surface area contributed by atoms with Gasteiger partial charge < -0.3 is 15.1 Å². The molecular weight excluding hydrogens is 342 g/mol. The second-order valence-corrected chi connectivity index (χ2v) is 6.92. The maximum atomic E-state index is 12.7. The minimum absolute atomic E-state index is 0.0132. The Hall–Kier alpha value is -3.15. The second kappa shape index (κ2) is 6.87. The maximum absolute atomic E-state index is 12.7. The molecule has 6 heteroatoms. The van der Waals surface area contributed by atoms with Crippen LogP contribution in [0.15, 0.2) is 42.5 Å². The van der Waals surface area contributed by atoms with Crippen molar-refractivity contribution >= 4 is 34.8 Å². The zero-order chi connectivity index (χ0) is 19.0. The molecule has 0 spiro atoms. The van der Waals surface area contributed by atoms with E-state index in [1.807, 2.05) is 36.4 Å². The Morgan fingerprint density at radius 2 is 1.89 bits per heavy atom. The molecule has 138 valence electrons. The third-order valence-electron chi connectivity index (χ3n) is 5.11. The molecule has 0 atom stereocenters. The third-order valence-corrected chi connectivity index (χ3v) is 5.11. The van der Waals surface area contributed by atoms with Gasteiger partial charge in [0.25, 0.3) is 5.91 Å². The summed E-state index contributed by atoms with van der Waals surface area (Å²) in [4.78, 5) is 39.7. The molecule has 1 saturated heterocycles. The summed E-state index contributed by atoms with van der Waals surface area (Å²) in [5, 5.41) is 2.90. The molecule has 2 heterocycles. The van der Waals surface area contributed by atoms with Crippen LogP contribution in [-0.2, 0) is 16.0 Å². The fourth-order valence-electron chi connectivity index (χ4n) is 3.75. The quantitative estimate of drug-likeness (QED) is 0.911. The normalized spacial score (nSPS) is 15.8. The van der Waals surface area contributed by atoms with Crippen LogP contribution in [0.2, 0.25) is 0 Å². The van der Waals surface area contributed by atoms with Gasteiger partial charge in [0.15, 0.2) is 0 Å². The summed E-state index contributed by atoms with van der Waals surface area (Å²) in [7, 11) is 0. The van der Waals surface area contributed by atoms with Gasteiger partial charge in [0.1, 0.15) is 0 Å². The molecule has 2 aliphatic heterocycles. The van der Waals surface area contributed by atoms with Gasteiger partial charge in [0.05, 0.1) is 0 Å². The van der Waals surface area contributed by atoms with Crippen LogP contribution in [0.25, 0.3) is 0 Å². The number of carbonyl (C=O) groups excluding carboxylic acids is 3. The lowest BCUT2D eigenvalue weighted by molar-refractivity contribution is -0.117. The molecule has 0 bridgehead atoms. The lowest BCUT2D eigenvalue weighted by Gasteiger charge is -2.17. The van der Waals surface area contributed by atoms with Crippen LogP contribution < -0.4 is 15.1 Å². The molecule has 0 aromatic heterocycles. The van der Waals surface area contributed by atoms with Gasteiger partial charge in [-0.05, 0) is 54.8 Å². The van der Waals surface area contributed by atoms with Crippen LogP contribution in [-0.4, -0.2) is 30.8 Å². The average Bonchev–Trinajstić information content (AvgIpc) is 3.27. The first kappa shape index (κ1) is 17.3. The Bertz CT molecular complexity index is 938. The highest BCUT2D eigenvalue weighted by molar-refractivity contribution is 6.06. The number of amides is 3. The minimum Gasteiger partial charge on any atom is -0.322 e. The number of anilines is 3. The highest BCUT2D eigenvalue weighted by atomic mass is 16.2. The van der Waals surface area contributed by atoms with Gasteiger partial charge in [-0.15, -0.1) is 0 Å². The predicted octanol–water partition coefficient (Wildman–Crippen LogP) is 2.97. The zero-order valence-electron chi connectivity index (χ0n) is 15.2. The summed E-state index contributed by atoms with van der Waals surface area (Å²) in [6.07, 6.45) is 2.19. The minimum atomic E-state index is -0.205. The van der Waals surface area contributed by atoms with E-state index in [2.05, 4.69) is 5.32 Å². The number of nitrogens with one attached hydrogen (secondary N) is 1. The smallest absolute Gasteiger partial charge is 0.255 e. The Morgan fingerprint density at radius 1 is 1.04 bits per heavy atom. The average molecular weight is 363 g/mol. The Morgan fingerprint density at radius 3 is 2.63 bits per heavy atom. The van der Waals surface area contributed by atoms with Gasteiger partial charge in [-0.25, -0.2) is 0 Å². The van der Waals surface area contributed by atoms with Gasteiger partial charge in [-0.3, -0.25) is 14.4 Å². The van der Waals surface area contributed by atoms with Crippen molar-refractivity contribution in [2.75, 3.05) is 28.2 Å². The SMILES string of the molecule is CC(=O)N1CCc2cc(C(=O)Nc3cccc(N4CCCC4=O)c3)ccc21. The highest BCUT2D eigenvalue weighted by Gasteiger charge is 2.24. The van der Waals surface area contributed by atoms with Gasteiger partial charge >= 0.3 is 0 Å². The summed E-state index contributed by atoms with van der Waals surface area (Å²) >= 11 is 0. The molecule has 0 unspecified atom stereocenters. The van der Waals surface area contributed by atoms with Crippen molar-refractivity contribution in [3.63, 3.8) is 0 Å². The molecule has 27 heavy (non-hydrogen) atoms. The van der Waals surface area contributed by atoms with Gasteiger partial charge in [-0.2, -0.15) is 0 Å². The molecule has 2 aliphatic rings. The molecule has 4 rings (SSSR count). The number of carbonyl (C=O) groups is 3. The van der Waals surface area contributed by atoms with E-state index < -0.39 is 0 Å². The standard InChI is InChI=1S/C21H21N3O3/c1-14(25)23-11-9-15-12-16(7-8-19(15)23)21(27)22-17-4-2-5-18(13-17)24-10-3-6-20(24)26/h2,4-5,7-8,12-13H,3,6,9-11H2,1H3,(H,22,27). The van der Waals surface area contributed by atoms with E-state index in [-0.39, 0.29) is 17.7 Å². The first-order chi connectivity index (χ1) is 13.0. The van der Waals surface area contributed by atoms with Crippen LogP contribution in [0.1, 0.15) is 35.7 Å². The molecule has 0 saturated carbocycles. The van der Waals surface area contributed by atoms with Crippen LogP contribution in [0.3, 0.4) is 0 Å². The number of fused-ring (bicyclic) bond motifs is 1. The molecule has 2 aromatic carbocycles. The molecular formula is C21H21N3O3. The van der Waals surface area contributed by atoms with E-state index in [0.29, 0.717) is 30.8 Å². The lowest BCUT2D eigenvalue weighted by atomic mass is 10.1. The van der Waals surface area contributed by atoms with E-state index in [0.717, 1.165) is 29.8 Å². The van der Waals surface area contributed by atoms with Crippen molar-refractivity contribution in [2.24, 2.45) is 0 Å². The summed E-state index contributed by atoms with van der Waals surface area (Å²) in [5.41, 5.74) is 3.91. The highest BCUT2D eigenvalue weighted by Crippen LogP contribution is 2.29. The van der Waals surface area contributed by atoms with Crippen LogP contribution in [0, 0.1) is 0 Å². The summed E-state index contributed by atoms with van der Waals surface area (Å²) < 4.78 is 0. The van der Waals surface area contributed by atoms with Crippen molar-refractivity contribution < 1.29 is 14.4 Å². The predicted molar refractivity (Wildman–Crippen MR) is 104 cm³/mol. The van der Waals surface area contributed by atoms with E-state index in [1.165, 1.54) is 0 Å². The topological polar surface area (TPSA) is 69.7 Å². The van der Waals surface area contributed by atoms with Crippen molar-refractivity contribution in [3.05, 3.63) is 53.6 Å². The summed E-state index contributed by atoms with van der Waals surface area (Å²) in [6.45, 7) is 2.92. The fourth-order valence-corrected chi connectivity index (χ4v) is 3.75. The molecule has 1 N–H and O–H groups in total. The van der Waals surface area contributed by atoms with Crippen LogP contribution in [0.4, 0.5) is 17.1 Å². The molecule has 6 nitrogen and oxygen atoms in total.